The van der Waals surface area contributed by atoms with Crippen LogP contribution in [0, 0.1) is 5.92 Å². The molecule has 3 nitrogen and oxygen atoms in total. The SMILES string of the molecule is COc1csc(C(=O)NCC2CCCC2Cl)c1. The summed E-state index contributed by atoms with van der Waals surface area (Å²) in [6, 6.07) is 1.76. The van der Waals surface area contributed by atoms with Gasteiger partial charge in [-0.25, -0.2) is 0 Å². The fraction of sp³-hybridized carbons (Fsp3) is 0.583. The van der Waals surface area contributed by atoms with Crippen LogP contribution in [0.5, 0.6) is 5.75 Å². The summed E-state index contributed by atoms with van der Waals surface area (Å²) in [6.07, 6.45) is 3.35. The molecule has 2 atom stereocenters. The number of carbonyl (C=O) groups excluding carboxylic acids is 1. The Morgan fingerprint density at radius 2 is 2.47 bits per heavy atom. The molecule has 94 valence electrons. The molecule has 0 bridgehead atoms. The van der Waals surface area contributed by atoms with Gasteiger partial charge in [-0.05, 0) is 18.8 Å². The number of hydrogen-bond acceptors (Lipinski definition) is 3. The molecular weight excluding hydrogens is 258 g/mol. The van der Waals surface area contributed by atoms with Crippen molar-refractivity contribution < 1.29 is 9.53 Å². The number of amides is 1. The van der Waals surface area contributed by atoms with E-state index in [1.165, 1.54) is 17.8 Å². The van der Waals surface area contributed by atoms with E-state index in [2.05, 4.69) is 5.32 Å². The minimum absolute atomic E-state index is 0.0333. The maximum atomic E-state index is 11.8. The molecule has 1 aliphatic carbocycles. The number of alkyl halides is 1. The first kappa shape index (κ1) is 12.7. The highest BCUT2D eigenvalue weighted by molar-refractivity contribution is 7.12. The molecule has 2 unspecified atom stereocenters. The second kappa shape index (κ2) is 5.74. The largest absolute Gasteiger partial charge is 0.496 e. The Hall–Kier alpha value is -0.740. The van der Waals surface area contributed by atoms with Crippen LogP contribution < -0.4 is 10.1 Å². The lowest BCUT2D eigenvalue weighted by Gasteiger charge is -2.13. The third kappa shape index (κ3) is 3.13. The predicted octanol–water partition coefficient (Wildman–Crippen LogP) is 2.89. The van der Waals surface area contributed by atoms with Gasteiger partial charge in [-0.3, -0.25) is 4.79 Å². The Balaban J connectivity index is 1.84. The van der Waals surface area contributed by atoms with Gasteiger partial charge in [0.15, 0.2) is 0 Å². The van der Waals surface area contributed by atoms with Gasteiger partial charge in [0.2, 0.25) is 0 Å². The van der Waals surface area contributed by atoms with Crippen molar-refractivity contribution in [2.75, 3.05) is 13.7 Å². The molecule has 0 aromatic carbocycles. The monoisotopic (exact) mass is 273 g/mol. The molecule has 1 aliphatic rings. The van der Waals surface area contributed by atoms with Crippen molar-refractivity contribution in [3.8, 4) is 5.75 Å². The predicted molar refractivity (Wildman–Crippen MR) is 70.2 cm³/mol. The van der Waals surface area contributed by atoms with E-state index in [0.717, 1.165) is 18.6 Å². The normalized spacial score (nSPS) is 23.6. The first-order valence-electron chi connectivity index (χ1n) is 5.75. The molecule has 2 rings (SSSR count). The highest BCUT2D eigenvalue weighted by Gasteiger charge is 2.25. The van der Waals surface area contributed by atoms with Gasteiger partial charge in [0, 0.05) is 23.4 Å². The second-order valence-electron chi connectivity index (χ2n) is 4.27. The van der Waals surface area contributed by atoms with Crippen LogP contribution in [0.25, 0.3) is 0 Å². The lowest BCUT2D eigenvalue weighted by molar-refractivity contribution is 0.0951. The summed E-state index contributed by atoms with van der Waals surface area (Å²) in [5.41, 5.74) is 0. The molecule has 1 amide bonds. The summed E-state index contributed by atoms with van der Waals surface area (Å²) >= 11 is 7.56. The van der Waals surface area contributed by atoms with E-state index in [1.54, 1.807) is 13.2 Å². The highest BCUT2D eigenvalue weighted by atomic mass is 35.5. The molecule has 1 saturated carbocycles. The number of rotatable bonds is 4. The number of carbonyl (C=O) groups is 1. The van der Waals surface area contributed by atoms with Crippen LogP contribution in [0.1, 0.15) is 28.9 Å². The van der Waals surface area contributed by atoms with Crippen molar-refractivity contribution in [3.05, 3.63) is 16.3 Å². The van der Waals surface area contributed by atoms with Gasteiger partial charge in [0.05, 0.1) is 12.0 Å². The molecule has 1 fully saturated rings. The van der Waals surface area contributed by atoms with Crippen LogP contribution in [-0.2, 0) is 0 Å². The molecule has 1 aromatic rings. The third-order valence-electron chi connectivity index (χ3n) is 3.13. The molecule has 0 aliphatic heterocycles. The van der Waals surface area contributed by atoms with Crippen molar-refractivity contribution in [2.45, 2.75) is 24.6 Å². The van der Waals surface area contributed by atoms with E-state index in [4.69, 9.17) is 16.3 Å². The smallest absolute Gasteiger partial charge is 0.261 e. The van der Waals surface area contributed by atoms with Crippen molar-refractivity contribution in [1.82, 2.24) is 5.32 Å². The van der Waals surface area contributed by atoms with E-state index in [0.29, 0.717) is 17.3 Å². The summed E-state index contributed by atoms with van der Waals surface area (Å²) in [7, 11) is 1.60. The third-order valence-corrected chi connectivity index (χ3v) is 4.61. The van der Waals surface area contributed by atoms with Gasteiger partial charge in [-0.1, -0.05) is 6.42 Å². The molecule has 0 spiro atoms. The summed E-state index contributed by atoms with van der Waals surface area (Å²) < 4.78 is 5.05. The average molecular weight is 274 g/mol. The van der Waals surface area contributed by atoms with Gasteiger partial charge in [0.25, 0.3) is 5.91 Å². The summed E-state index contributed by atoms with van der Waals surface area (Å²) in [4.78, 5) is 12.5. The minimum Gasteiger partial charge on any atom is -0.496 e. The van der Waals surface area contributed by atoms with E-state index in [9.17, 15) is 4.79 Å². The maximum absolute atomic E-state index is 11.8. The van der Waals surface area contributed by atoms with Crippen molar-refractivity contribution in [3.63, 3.8) is 0 Å². The molecule has 17 heavy (non-hydrogen) atoms. The number of methoxy groups -OCH3 is 1. The lowest BCUT2D eigenvalue weighted by atomic mass is 10.1. The first-order chi connectivity index (χ1) is 8.20. The standard InChI is InChI=1S/C12H16ClNO2S/c1-16-9-5-11(17-7-9)12(15)14-6-8-3-2-4-10(8)13/h5,7-8,10H,2-4,6H2,1H3,(H,14,15). The zero-order valence-electron chi connectivity index (χ0n) is 9.74. The summed E-state index contributed by atoms with van der Waals surface area (Å²) in [6.45, 7) is 0.674. The van der Waals surface area contributed by atoms with Crippen molar-refractivity contribution >= 4 is 28.8 Å². The Morgan fingerprint density at radius 1 is 1.65 bits per heavy atom. The Morgan fingerprint density at radius 3 is 3.06 bits per heavy atom. The average Bonchev–Trinajstić information content (AvgIpc) is 2.94. The molecule has 1 N–H and O–H groups in total. The number of hydrogen-bond donors (Lipinski definition) is 1. The van der Waals surface area contributed by atoms with Crippen LogP contribution in [0.15, 0.2) is 11.4 Å². The van der Waals surface area contributed by atoms with E-state index < -0.39 is 0 Å². The van der Waals surface area contributed by atoms with Crippen LogP contribution in [0.4, 0.5) is 0 Å². The fourth-order valence-corrected chi connectivity index (χ4v) is 3.22. The van der Waals surface area contributed by atoms with Crippen LogP contribution in [0.2, 0.25) is 0 Å². The Bertz CT molecular complexity index is 394. The topological polar surface area (TPSA) is 38.3 Å². The lowest BCUT2D eigenvalue weighted by Crippen LogP contribution is -2.30. The molecule has 0 saturated heterocycles. The van der Waals surface area contributed by atoms with Crippen molar-refractivity contribution in [2.24, 2.45) is 5.92 Å². The molecule has 1 aromatic heterocycles. The molecule has 5 heteroatoms. The number of halogens is 1. The summed E-state index contributed by atoms with van der Waals surface area (Å²) in [5, 5.41) is 4.98. The van der Waals surface area contributed by atoms with Crippen molar-refractivity contribution in [1.29, 1.82) is 0 Å². The molecule has 1 heterocycles. The zero-order valence-corrected chi connectivity index (χ0v) is 11.3. The van der Waals surface area contributed by atoms with Gasteiger partial charge in [-0.15, -0.1) is 22.9 Å². The number of thiophene rings is 1. The second-order valence-corrected chi connectivity index (χ2v) is 5.74. The van der Waals surface area contributed by atoms with Gasteiger partial charge < -0.3 is 10.1 Å². The highest BCUT2D eigenvalue weighted by Crippen LogP contribution is 2.29. The van der Waals surface area contributed by atoms with E-state index >= 15 is 0 Å². The minimum atomic E-state index is -0.0333. The maximum Gasteiger partial charge on any atom is 0.261 e. The number of ether oxygens (including phenoxy) is 1. The molecule has 0 radical (unpaired) electrons. The van der Waals surface area contributed by atoms with Gasteiger partial charge >= 0.3 is 0 Å². The van der Waals surface area contributed by atoms with Gasteiger partial charge in [-0.2, -0.15) is 0 Å². The Labute approximate surface area is 110 Å². The first-order valence-corrected chi connectivity index (χ1v) is 7.07. The molecular formula is C12H16ClNO2S. The van der Waals surface area contributed by atoms with Gasteiger partial charge in [0.1, 0.15) is 5.75 Å². The zero-order chi connectivity index (χ0) is 12.3. The van der Waals surface area contributed by atoms with Crippen LogP contribution in [-0.4, -0.2) is 24.9 Å². The van der Waals surface area contributed by atoms with Crippen LogP contribution in [0.3, 0.4) is 0 Å². The quantitative estimate of drug-likeness (QED) is 0.857. The fourth-order valence-electron chi connectivity index (χ4n) is 2.08. The summed E-state index contributed by atoms with van der Waals surface area (Å²) in [5.74, 6) is 1.12. The number of nitrogens with one attached hydrogen (secondary N) is 1. The Kier molecular flexibility index (Phi) is 4.29. The van der Waals surface area contributed by atoms with E-state index in [1.807, 2.05) is 5.38 Å². The van der Waals surface area contributed by atoms with E-state index in [-0.39, 0.29) is 11.3 Å². The van der Waals surface area contributed by atoms with Crippen LogP contribution >= 0.6 is 22.9 Å².